The average Bonchev–Trinajstić information content (AvgIpc) is 2.75. The highest BCUT2D eigenvalue weighted by Gasteiger charge is 2.22. The van der Waals surface area contributed by atoms with E-state index < -0.39 is 35.9 Å². The molecule has 3 rings (SSSR count). The third-order valence-corrected chi connectivity index (χ3v) is 4.07. The molecule has 0 aromatic carbocycles. The Bertz CT molecular complexity index is 1230. The van der Waals surface area contributed by atoms with E-state index in [0.29, 0.717) is 5.69 Å². The van der Waals surface area contributed by atoms with Gasteiger partial charge in [-0.1, -0.05) is 0 Å². The topological polar surface area (TPSA) is 239 Å². The number of amides is 1. The minimum absolute atomic E-state index is 0.0208. The Morgan fingerprint density at radius 2 is 1.88 bits per heavy atom. The third-order valence-electron chi connectivity index (χ3n) is 4.07. The summed E-state index contributed by atoms with van der Waals surface area (Å²) in [6, 6.07) is -1.38. The number of anilines is 2. The molecular formula is C17H17N9O6. The number of H-pyrrole nitrogens is 1. The van der Waals surface area contributed by atoms with Gasteiger partial charge in [0.25, 0.3) is 11.5 Å². The van der Waals surface area contributed by atoms with Crippen molar-refractivity contribution in [3.63, 3.8) is 0 Å². The fourth-order valence-electron chi connectivity index (χ4n) is 2.53. The summed E-state index contributed by atoms with van der Waals surface area (Å²) in [5, 5.41) is 22.9. The van der Waals surface area contributed by atoms with Crippen molar-refractivity contribution in [1.82, 2.24) is 35.2 Å². The van der Waals surface area contributed by atoms with E-state index >= 15 is 0 Å². The highest BCUT2D eigenvalue weighted by molar-refractivity contribution is 5.94. The predicted molar refractivity (Wildman–Crippen MR) is 107 cm³/mol. The molecule has 1 unspecified atom stereocenters. The smallest absolute Gasteiger partial charge is 0.326 e. The number of aromatic amines is 1. The largest absolute Gasteiger partial charge is 0.481 e. The van der Waals surface area contributed by atoms with Crippen molar-refractivity contribution in [2.75, 3.05) is 11.1 Å². The summed E-state index contributed by atoms with van der Waals surface area (Å²) < 4.78 is 0. The zero-order valence-electron chi connectivity index (χ0n) is 16.3. The number of fused-ring (bicyclic) bond motifs is 1. The number of hydrogen-bond donors (Lipinski definition) is 6. The van der Waals surface area contributed by atoms with Gasteiger partial charge in [0.2, 0.25) is 5.95 Å². The summed E-state index contributed by atoms with van der Waals surface area (Å²) >= 11 is 0. The molecule has 32 heavy (non-hydrogen) atoms. The second kappa shape index (κ2) is 9.41. The third kappa shape index (κ3) is 5.47. The van der Waals surface area contributed by atoms with Crippen LogP contribution in [0.25, 0.3) is 11.2 Å². The first-order valence-electron chi connectivity index (χ1n) is 9.05. The van der Waals surface area contributed by atoms with Gasteiger partial charge in [0, 0.05) is 6.42 Å². The van der Waals surface area contributed by atoms with E-state index in [4.69, 9.17) is 15.9 Å². The monoisotopic (exact) mass is 443 g/mol. The molecule has 0 bridgehead atoms. The van der Waals surface area contributed by atoms with Gasteiger partial charge < -0.3 is 26.6 Å². The van der Waals surface area contributed by atoms with Crippen molar-refractivity contribution in [3.05, 3.63) is 40.3 Å². The maximum absolute atomic E-state index is 12.2. The summed E-state index contributed by atoms with van der Waals surface area (Å²) in [5.41, 5.74) is 5.30. The molecule has 0 spiro atoms. The molecule has 3 heterocycles. The molecule has 0 saturated heterocycles. The van der Waals surface area contributed by atoms with E-state index in [1.165, 1.54) is 12.4 Å². The fraction of sp³-hybridized carbons (Fsp3) is 0.235. The Balaban J connectivity index is 1.62. The van der Waals surface area contributed by atoms with Gasteiger partial charge in [-0.15, -0.1) is 0 Å². The van der Waals surface area contributed by atoms with Crippen LogP contribution in [0.4, 0.5) is 11.8 Å². The highest BCUT2D eigenvalue weighted by Crippen LogP contribution is 2.07. The second-order valence-electron chi connectivity index (χ2n) is 6.42. The van der Waals surface area contributed by atoms with Crippen molar-refractivity contribution in [1.29, 1.82) is 0 Å². The number of nitrogens with zero attached hydrogens (tertiary/aromatic N) is 5. The van der Waals surface area contributed by atoms with Crippen LogP contribution < -0.4 is 21.9 Å². The normalized spacial score (nSPS) is 11.6. The SMILES string of the molecule is Nc1nc2ncc(CNc3cnc(C(=O)NC(CCC(=O)O)C(=O)O)cn3)nc2c(=O)[nH]1. The average molecular weight is 443 g/mol. The Labute approximate surface area is 178 Å². The number of nitrogens with one attached hydrogen (secondary N) is 3. The number of hydrogen-bond acceptors (Lipinski definition) is 11. The quantitative estimate of drug-likeness (QED) is 0.227. The van der Waals surface area contributed by atoms with Gasteiger partial charge in [0.1, 0.15) is 17.6 Å². The minimum atomic E-state index is -1.38. The van der Waals surface area contributed by atoms with Crippen LogP contribution in [0.5, 0.6) is 0 Å². The van der Waals surface area contributed by atoms with Gasteiger partial charge in [0.15, 0.2) is 11.2 Å². The number of carboxylic acid groups (broad SMARTS) is 2. The lowest BCUT2D eigenvalue weighted by Crippen LogP contribution is -2.41. The van der Waals surface area contributed by atoms with Crippen LogP contribution in [0.1, 0.15) is 29.0 Å². The summed E-state index contributed by atoms with van der Waals surface area (Å²) in [7, 11) is 0. The second-order valence-corrected chi connectivity index (χ2v) is 6.42. The van der Waals surface area contributed by atoms with E-state index in [2.05, 4.69) is 40.5 Å². The number of nitrogen functional groups attached to an aromatic ring is 1. The number of aromatic nitrogens is 6. The molecule has 0 aliphatic rings. The molecule has 0 aliphatic carbocycles. The summed E-state index contributed by atoms with van der Waals surface area (Å²) in [6.07, 6.45) is 3.07. The van der Waals surface area contributed by atoms with Crippen molar-refractivity contribution in [2.24, 2.45) is 0 Å². The lowest BCUT2D eigenvalue weighted by atomic mass is 10.1. The number of carbonyl (C=O) groups excluding carboxylic acids is 1. The molecule has 0 fully saturated rings. The molecule has 3 aromatic rings. The van der Waals surface area contributed by atoms with Crippen molar-refractivity contribution >= 4 is 40.8 Å². The maximum Gasteiger partial charge on any atom is 0.326 e. The molecular weight excluding hydrogens is 426 g/mol. The van der Waals surface area contributed by atoms with Crippen LogP contribution in [0.3, 0.4) is 0 Å². The fourth-order valence-corrected chi connectivity index (χ4v) is 2.53. The first-order valence-corrected chi connectivity index (χ1v) is 9.05. The number of carbonyl (C=O) groups is 3. The lowest BCUT2D eigenvalue weighted by molar-refractivity contribution is -0.140. The summed E-state index contributed by atoms with van der Waals surface area (Å²) in [6.45, 7) is 0.128. The van der Waals surface area contributed by atoms with Crippen LogP contribution in [-0.4, -0.2) is 64.0 Å². The highest BCUT2D eigenvalue weighted by atomic mass is 16.4. The van der Waals surface area contributed by atoms with Gasteiger partial charge >= 0.3 is 11.9 Å². The van der Waals surface area contributed by atoms with Crippen molar-refractivity contribution in [3.8, 4) is 0 Å². The molecule has 0 saturated carbocycles. The van der Waals surface area contributed by atoms with E-state index in [-0.39, 0.29) is 41.6 Å². The number of aliphatic carboxylic acids is 2. The Morgan fingerprint density at radius 1 is 1.09 bits per heavy atom. The molecule has 1 amide bonds. The van der Waals surface area contributed by atoms with Crippen LogP contribution in [0.15, 0.2) is 23.4 Å². The van der Waals surface area contributed by atoms with Crippen LogP contribution in [-0.2, 0) is 16.1 Å². The number of carboxylic acids is 2. The first-order chi connectivity index (χ1) is 15.2. The van der Waals surface area contributed by atoms with Gasteiger partial charge in [-0.05, 0) is 6.42 Å². The minimum Gasteiger partial charge on any atom is -0.481 e. The van der Waals surface area contributed by atoms with Crippen molar-refractivity contribution in [2.45, 2.75) is 25.4 Å². The van der Waals surface area contributed by atoms with Gasteiger partial charge in [-0.2, -0.15) is 4.98 Å². The van der Waals surface area contributed by atoms with E-state index in [9.17, 15) is 19.2 Å². The number of rotatable bonds is 9. The van der Waals surface area contributed by atoms with Gasteiger partial charge in [0.05, 0.1) is 30.8 Å². The molecule has 1 atom stereocenters. The maximum atomic E-state index is 12.2. The molecule has 15 heteroatoms. The Hall–Kier alpha value is -4.69. The Kier molecular flexibility index (Phi) is 6.47. The summed E-state index contributed by atoms with van der Waals surface area (Å²) in [4.78, 5) is 68.2. The van der Waals surface area contributed by atoms with Gasteiger partial charge in [-0.3, -0.25) is 19.4 Å². The molecule has 7 N–H and O–H groups in total. The first kappa shape index (κ1) is 22.0. The van der Waals surface area contributed by atoms with Gasteiger partial charge in [-0.25, -0.2) is 24.7 Å². The van der Waals surface area contributed by atoms with Crippen molar-refractivity contribution < 1.29 is 24.6 Å². The zero-order chi connectivity index (χ0) is 23.3. The molecule has 0 aliphatic heterocycles. The predicted octanol–water partition coefficient (Wildman–Crippen LogP) is -1.25. The lowest BCUT2D eigenvalue weighted by Gasteiger charge is -2.13. The molecule has 15 nitrogen and oxygen atoms in total. The number of nitrogens with two attached hydrogens (primary N) is 1. The molecule has 166 valence electrons. The van der Waals surface area contributed by atoms with Crippen LogP contribution >= 0.6 is 0 Å². The van der Waals surface area contributed by atoms with Crippen LogP contribution in [0, 0.1) is 0 Å². The molecule has 3 aromatic heterocycles. The molecule has 0 radical (unpaired) electrons. The van der Waals surface area contributed by atoms with E-state index in [0.717, 1.165) is 6.20 Å². The summed E-state index contributed by atoms with van der Waals surface area (Å²) in [5.74, 6) is -3.15. The van der Waals surface area contributed by atoms with E-state index in [1.54, 1.807) is 0 Å². The standard InChI is InChI=1S/C17H17N9O6/c18-17-25-13-12(15(30)26-17)23-7(4-22-13)3-20-10-6-19-9(5-21-10)14(29)24-8(16(31)32)1-2-11(27)28/h4-6,8H,1-3H2,(H,20,21)(H,24,29)(H,27,28)(H,31,32)(H3,18,22,25,26,30). The van der Waals surface area contributed by atoms with E-state index in [1.807, 2.05) is 0 Å². The zero-order valence-corrected chi connectivity index (χ0v) is 16.3. The Morgan fingerprint density at radius 3 is 2.53 bits per heavy atom. The van der Waals surface area contributed by atoms with Crippen LogP contribution in [0.2, 0.25) is 0 Å².